The third kappa shape index (κ3) is 5.00. The molecule has 2 heterocycles. The Bertz CT molecular complexity index is 510. The van der Waals surface area contributed by atoms with Gasteiger partial charge in [-0.15, -0.1) is 0 Å². The van der Waals surface area contributed by atoms with Crippen LogP contribution < -0.4 is 0 Å². The molecule has 2 N–H and O–H groups in total. The molecule has 2 saturated heterocycles. The van der Waals surface area contributed by atoms with Crippen molar-refractivity contribution < 1.29 is 29.2 Å². The van der Waals surface area contributed by atoms with Gasteiger partial charge >= 0.3 is 0 Å². The molecular formula is C19H28O6. The van der Waals surface area contributed by atoms with Gasteiger partial charge in [0, 0.05) is 32.8 Å². The first-order valence-corrected chi connectivity index (χ1v) is 8.91. The molecule has 0 unspecified atom stereocenters. The van der Waals surface area contributed by atoms with Gasteiger partial charge in [-0.1, -0.05) is 30.3 Å². The highest BCUT2D eigenvalue weighted by atomic mass is 16.7. The Morgan fingerprint density at radius 3 is 2.60 bits per heavy atom. The van der Waals surface area contributed by atoms with E-state index in [9.17, 15) is 10.2 Å². The van der Waals surface area contributed by atoms with Crippen molar-refractivity contribution in [1.29, 1.82) is 0 Å². The summed E-state index contributed by atoms with van der Waals surface area (Å²) in [7, 11) is 1.65. The monoisotopic (exact) mass is 352 g/mol. The van der Waals surface area contributed by atoms with Crippen LogP contribution in [0.2, 0.25) is 0 Å². The minimum Gasteiger partial charge on any atom is -0.394 e. The summed E-state index contributed by atoms with van der Waals surface area (Å²) in [6, 6.07) is 9.95. The summed E-state index contributed by atoms with van der Waals surface area (Å²) in [4.78, 5) is 0. The minimum atomic E-state index is -0.912. The summed E-state index contributed by atoms with van der Waals surface area (Å²) >= 11 is 0. The Morgan fingerprint density at radius 1 is 1.12 bits per heavy atom. The molecule has 6 heteroatoms. The molecule has 1 spiro atoms. The van der Waals surface area contributed by atoms with Crippen LogP contribution in [0.25, 0.3) is 0 Å². The normalized spacial score (nSPS) is 35.8. The standard InChI is InChI=1S/C19H28O6/c1-22-16-8-17(11-20)24-19(10-16)9-15(21)7-18(25-19)13-23-12-14-5-3-2-4-6-14/h2-6,15-18,20-21H,7-13H2,1H3/t15-,16-,17-,18+,19+/m0/s1. The van der Waals surface area contributed by atoms with Crippen LogP contribution in [0.3, 0.4) is 0 Å². The van der Waals surface area contributed by atoms with E-state index < -0.39 is 11.9 Å². The van der Waals surface area contributed by atoms with Gasteiger partial charge in [0.05, 0.1) is 44.2 Å². The zero-order chi connectivity index (χ0) is 17.7. The molecule has 0 amide bonds. The predicted octanol–water partition coefficient (Wildman–Crippen LogP) is 1.63. The number of ether oxygens (including phenoxy) is 4. The van der Waals surface area contributed by atoms with Gasteiger partial charge in [-0.05, 0) is 5.56 Å². The largest absolute Gasteiger partial charge is 0.394 e. The van der Waals surface area contributed by atoms with Crippen molar-refractivity contribution in [3.8, 4) is 0 Å². The molecular weight excluding hydrogens is 324 g/mol. The summed E-state index contributed by atoms with van der Waals surface area (Å²) in [5.41, 5.74) is 1.10. The van der Waals surface area contributed by atoms with Gasteiger partial charge < -0.3 is 29.2 Å². The lowest BCUT2D eigenvalue weighted by molar-refractivity contribution is -0.346. The van der Waals surface area contributed by atoms with Crippen molar-refractivity contribution in [2.24, 2.45) is 0 Å². The van der Waals surface area contributed by atoms with Crippen LogP contribution in [-0.2, 0) is 25.6 Å². The van der Waals surface area contributed by atoms with E-state index in [0.717, 1.165) is 5.56 Å². The average molecular weight is 352 g/mol. The Balaban J connectivity index is 1.58. The van der Waals surface area contributed by atoms with Gasteiger partial charge in [-0.3, -0.25) is 0 Å². The highest BCUT2D eigenvalue weighted by Crippen LogP contribution is 2.40. The summed E-state index contributed by atoms with van der Waals surface area (Å²) < 4.78 is 23.4. The second kappa shape index (κ2) is 8.58. The molecule has 1 aromatic rings. The fourth-order valence-electron chi connectivity index (χ4n) is 3.75. The number of methoxy groups -OCH3 is 1. The first kappa shape index (κ1) is 18.8. The second-order valence-corrected chi connectivity index (χ2v) is 6.96. The van der Waals surface area contributed by atoms with Crippen molar-refractivity contribution in [2.45, 2.75) is 62.5 Å². The van der Waals surface area contributed by atoms with Crippen molar-refractivity contribution >= 4 is 0 Å². The molecule has 2 fully saturated rings. The number of aliphatic hydroxyl groups is 2. The molecule has 0 radical (unpaired) electrons. The Morgan fingerprint density at radius 2 is 1.88 bits per heavy atom. The molecule has 1 aromatic carbocycles. The second-order valence-electron chi connectivity index (χ2n) is 6.96. The van der Waals surface area contributed by atoms with E-state index in [2.05, 4.69) is 0 Å². The summed E-state index contributed by atoms with van der Waals surface area (Å²) in [6.07, 6.45) is 0.920. The quantitative estimate of drug-likeness (QED) is 0.810. The van der Waals surface area contributed by atoms with E-state index in [1.807, 2.05) is 30.3 Å². The van der Waals surface area contributed by atoms with Crippen molar-refractivity contribution in [3.63, 3.8) is 0 Å². The smallest absolute Gasteiger partial charge is 0.174 e. The third-order valence-electron chi connectivity index (χ3n) is 4.86. The van der Waals surface area contributed by atoms with Gasteiger partial charge in [0.15, 0.2) is 5.79 Å². The number of hydrogen-bond donors (Lipinski definition) is 2. The van der Waals surface area contributed by atoms with E-state index in [0.29, 0.717) is 38.9 Å². The van der Waals surface area contributed by atoms with Gasteiger partial charge in [-0.25, -0.2) is 0 Å². The fourth-order valence-corrected chi connectivity index (χ4v) is 3.75. The lowest BCUT2D eigenvalue weighted by Crippen LogP contribution is -2.56. The maximum Gasteiger partial charge on any atom is 0.174 e. The molecule has 3 rings (SSSR count). The zero-order valence-electron chi connectivity index (χ0n) is 14.7. The van der Waals surface area contributed by atoms with Crippen LogP contribution >= 0.6 is 0 Å². The molecule has 6 nitrogen and oxygen atoms in total. The van der Waals surface area contributed by atoms with E-state index in [4.69, 9.17) is 18.9 Å². The van der Waals surface area contributed by atoms with Gasteiger partial charge in [0.2, 0.25) is 0 Å². The summed E-state index contributed by atoms with van der Waals surface area (Å²) in [5.74, 6) is -0.912. The Kier molecular flexibility index (Phi) is 6.44. The maximum atomic E-state index is 10.3. The first-order chi connectivity index (χ1) is 12.1. The molecule has 5 atom stereocenters. The molecule has 140 valence electrons. The lowest BCUT2D eigenvalue weighted by Gasteiger charge is -2.48. The van der Waals surface area contributed by atoms with Crippen LogP contribution in [0.4, 0.5) is 0 Å². The van der Waals surface area contributed by atoms with Gasteiger partial charge in [0.25, 0.3) is 0 Å². The SMILES string of the molecule is CO[C@H]1C[C@@H](CO)O[C@@]2(C[C@@H](O)C[C@H](COCc3ccccc3)O2)C1. The third-order valence-corrected chi connectivity index (χ3v) is 4.86. The molecule has 25 heavy (non-hydrogen) atoms. The van der Waals surface area contributed by atoms with E-state index in [1.165, 1.54) is 0 Å². The van der Waals surface area contributed by atoms with E-state index in [1.54, 1.807) is 7.11 Å². The summed E-state index contributed by atoms with van der Waals surface area (Å²) in [5, 5.41) is 19.8. The van der Waals surface area contributed by atoms with E-state index in [-0.39, 0.29) is 24.9 Å². The highest BCUT2D eigenvalue weighted by Gasteiger charge is 2.48. The highest BCUT2D eigenvalue weighted by molar-refractivity contribution is 5.13. The van der Waals surface area contributed by atoms with Crippen molar-refractivity contribution in [2.75, 3.05) is 20.3 Å². The summed E-state index contributed by atoms with van der Waals surface area (Å²) in [6.45, 7) is 0.805. The molecule has 0 saturated carbocycles. The Hall–Kier alpha value is -1.02. The van der Waals surface area contributed by atoms with Crippen LogP contribution in [-0.4, -0.2) is 60.7 Å². The predicted molar refractivity (Wildman–Crippen MR) is 90.9 cm³/mol. The van der Waals surface area contributed by atoms with Crippen LogP contribution in [0.5, 0.6) is 0 Å². The lowest BCUT2D eigenvalue weighted by atomic mass is 9.89. The number of hydrogen-bond acceptors (Lipinski definition) is 6. The topological polar surface area (TPSA) is 77.4 Å². The molecule has 0 bridgehead atoms. The van der Waals surface area contributed by atoms with Crippen LogP contribution in [0.1, 0.15) is 31.2 Å². The molecule has 0 aromatic heterocycles. The van der Waals surface area contributed by atoms with Gasteiger partial charge in [0.1, 0.15) is 0 Å². The minimum absolute atomic E-state index is 0.0536. The maximum absolute atomic E-state index is 10.3. The first-order valence-electron chi connectivity index (χ1n) is 8.91. The zero-order valence-corrected chi connectivity index (χ0v) is 14.7. The fraction of sp³-hybridized carbons (Fsp3) is 0.684. The number of rotatable bonds is 6. The van der Waals surface area contributed by atoms with E-state index >= 15 is 0 Å². The molecule has 0 aliphatic carbocycles. The Labute approximate surface area is 148 Å². The van der Waals surface area contributed by atoms with Crippen molar-refractivity contribution in [3.05, 3.63) is 35.9 Å². The van der Waals surface area contributed by atoms with Crippen LogP contribution in [0, 0.1) is 0 Å². The molecule has 2 aliphatic heterocycles. The van der Waals surface area contributed by atoms with Crippen molar-refractivity contribution in [1.82, 2.24) is 0 Å². The van der Waals surface area contributed by atoms with Crippen LogP contribution in [0.15, 0.2) is 30.3 Å². The van der Waals surface area contributed by atoms with Gasteiger partial charge in [-0.2, -0.15) is 0 Å². The molecule has 2 aliphatic rings. The number of aliphatic hydroxyl groups excluding tert-OH is 2. The number of benzene rings is 1. The average Bonchev–Trinajstić information content (AvgIpc) is 2.61.